The average Bonchev–Trinajstić information content (AvgIpc) is 2.21. The molecule has 0 aromatic rings. The van der Waals surface area contributed by atoms with Crippen LogP contribution in [0.15, 0.2) is 12.2 Å². The zero-order chi connectivity index (χ0) is 12.2. The number of ether oxygens (including phenoxy) is 3. The van der Waals surface area contributed by atoms with E-state index in [-0.39, 0.29) is 11.9 Å². The van der Waals surface area contributed by atoms with Crippen LogP contribution in [0.3, 0.4) is 0 Å². The van der Waals surface area contributed by atoms with E-state index in [2.05, 4.69) is 6.58 Å². The van der Waals surface area contributed by atoms with E-state index in [4.69, 9.17) is 14.2 Å². The molecule has 0 aromatic carbocycles. The molecule has 0 amide bonds. The van der Waals surface area contributed by atoms with Crippen molar-refractivity contribution in [3.63, 3.8) is 0 Å². The standard InChI is InChI=1S/C12H20O4/c1-5-14-11(13)9(2)6-10-7-15-12(3,4)16-8-10/h10H,2,5-8H2,1,3-4H3. The molecule has 0 unspecified atom stereocenters. The topological polar surface area (TPSA) is 44.8 Å². The van der Waals surface area contributed by atoms with E-state index < -0.39 is 5.79 Å². The third-order valence-electron chi connectivity index (χ3n) is 2.43. The van der Waals surface area contributed by atoms with Gasteiger partial charge in [0.15, 0.2) is 5.79 Å². The minimum Gasteiger partial charge on any atom is -0.463 e. The number of carbonyl (C=O) groups excluding carboxylic acids is 1. The van der Waals surface area contributed by atoms with E-state index in [0.717, 1.165) is 0 Å². The van der Waals surface area contributed by atoms with E-state index in [1.807, 2.05) is 13.8 Å². The molecule has 1 heterocycles. The Bertz CT molecular complexity index is 260. The molecule has 0 aromatic heterocycles. The summed E-state index contributed by atoms with van der Waals surface area (Å²) in [5, 5.41) is 0. The van der Waals surface area contributed by atoms with E-state index in [9.17, 15) is 4.79 Å². The highest BCUT2D eigenvalue weighted by molar-refractivity contribution is 5.87. The Morgan fingerprint density at radius 2 is 2.00 bits per heavy atom. The van der Waals surface area contributed by atoms with Gasteiger partial charge in [-0.2, -0.15) is 0 Å². The fourth-order valence-electron chi connectivity index (χ4n) is 1.51. The first kappa shape index (κ1) is 13.2. The van der Waals surface area contributed by atoms with Gasteiger partial charge in [-0.25, -0.2) is 4.79 Å². The Labute approximate surface area is 96.6 Å². The zero-order valence-corrected chi connectivity index (χ0v) is 10.2. The highest BCUT2D eigenvalue weighted by atomic mass is 16.7. The maximum atomic E-state index is 11.3. The number of esters is 1. The minimum absolute atomic E-state index is 0.185. The Hall–Kier alpha value is -0.870. The molecule has 4 heteroatoms. The summed E-state index contributed by atoms with van der Waals surface area (Å²) in [5.41, 5.74) is 0.485. The molecule has 1 aliphatic heterocycles. The third-order valence-corrected chi connectivity index (χ3v) is 2.43. The van der Waals surface area contributed by atoms with E-state index in [0.29, 0.717) is 31.8 Å². The van der Waals surface area contributed by atoms with Crippen molar-refractivity contribution in [2.75, 3.05) is 19.8 Å². The van der Waals surface area contributed by atoms with Gasteiger partial charge >= 0.3 is 5.97 Å². The quantitative estimate of drug-likeness (QED) is 0.544. The molecule has 0 atom stereocenters. The van der Waals surface area contributed by atoms with Crippen molar-refractivity contribution in [1.82, 2.24) is 0 Å². The third kappa shape index (κ3) is 3.94. The first-order chi connectivity index (χ1) is 7.44. The molecular formula is C12H20O4. The minimum atomic E-state index is -0.512. The highest BCUT2D eigenvalue weighted by Gasteiger charge is 2.29. The second-order valence-electron chi connectivity index (χ2n) is 4.42. The summed E-state index contributed by atoms with van der Waals surface area (Å²) in [4.78, 5) is 11.3. The normalized spacial score (nSPS) is 20.4. The van der Waals surface area contributed by atoms with Crippen molar-refractivity contribution in [3.8, 4) is 0 Å². The molecule has 92 valence electrons. The van der Waals surface area contributed by atoms with Crippen LogP contribution in [0.4, 0.5) is 0 Å². The van der Waals surface area contributed by atoms with Gasteiger partial charge in [-0.15, -0.1) is 0 Å². The van der Waals surface area contributed by atoms with Gasteiger partial charge in [-0.3, -0.25) is 0 Å². The first-order valence-corrected chi connectivity index (χ1v) is 5.57. The Morgan fingerprint density at radius 3 is 2.50 bits per heavy atom. The lowest BCUT2D eigenvalue weighted by molar-refractivity contribution is -0.261. The molecule has 1 saturated heterocycles. The fraction of sp³-hybridized carbons (Fsp3) is 0.750. The van der Waals surface area contributed by atoms with Crippen molar-refractivity contribution < 1.29 is 19.0 Å². The second-order valence-corrected chi connectivity index (χ2v) is 4.42. The molecule has 1 fully saturated rings. The summed E-state index contributed by atoms with van der Waals surface area (Å²) < 4.78 is 15.9. The predicted molar refractivity (Wildman–Crippen MR) is 59.9 cm³/mol. The van der Waals surface area contributed by atoms with Crippen LogP contribution < -0.4 is 0 Å². The molecule has 16 heavy (non-hydrogen) atoms. The van der Waals surface area contributed by atoms with E-state index in [1.54, 1.807) is 6.92 Å². The van der Waals surface area contributed by atoms with Crippen LogP contribution in [0.5, 0.6) is 0 Å². The molecule has 0 aliphatic carbocycles. The summed E-state index contributed by atoms with van der Waals surface area (Å²) in [6.07, 6.45) is 0.564. The van der Waals surface area contributed by atoms with Gasteiger partial charge in [0.25, 0.3) is 0 Å². The zero-order valence-electron chi connectivity index (χ0n) is 10.2. The summed E-state index contributed by atoms with van der Waals surface area (Å²) in [5.74, 6) is -0.654. The van der Waals surface area contributed by atoms with Gasteiger partial charge in [0.1, 0.15) is 0 Å². The molecule has 0 N–H and O–H groups in total. The van der Waals surface area contributed by atoms with Crippen molar-refractivity contribution in [3.05, 3.63) is 12.2 Å². The summed E-state index contributed by atoms with van der Waals surface area (Å²) in [6, 6.07) is 0. The predicted octanol–water partition coefficient (Wildman–Crippen LogP) is 1.89. The van der Waals surface area contributed by atoms with Crippen LogP contribution >= 0.6 is 0 Å². The molecule has 4 nitrogen and oxygen atoms in total. The van der Waals surface area contributed by atoms with Gasteiger partial charge < -0.3 is 14.2 Å². The highest BCUT2D eigenvalue weighted by Crippen LogP contribution is 2.24. The SMILES string of the molecule is C=C(CC1COC(C)(C)OC1)C(=O)OCC. The van der Waals surface area contributed by atoms with Crippen molar-refractivity contribution in [2.45, 2.75) is 33.0 Å². The van der Waals surface area contributed by atoms with Gasteiger partial charge in [0.05, 0.1) is 19.8 Å². The number of rotatable bonds is 4. The van der Waals surface area contributed by atoms with E-state index >= 15 is 0 Å². The smallest absolute Gasteiger partial charge is 0.333 e. The molecule has 1 rings (SSSR count). The van der Waals surface area contributed by atoms with Crippen LogP contribution in [0.25, 0.3) is 0 Å². The maximum absolute atomic E-state index is 11.3. The van der Waals surface area contributed by atoms with Crippen LogP contribution in [0.2, 0.25) is 0 Å². The lowest BCUT2D eigenvalue weighted by Crippen LogP contribution is -2.39. The number of hydrogen-bond donors (Lipinski definition) is 0. The Kier molecular flexibility index (Phi) is 4.50. The average molecular weight is 228 g/mol. The Balaban J connectivity index is 2.34. The van der Waals surface area contributed by atoms with Gasteiger partial charge in [-0.1, -0.05) is 6.58 Å². The van der Waals surface area contributed by atoms with Gasteiger partial charge in [-0.05, 0) is 27.2 Å². The van der Waals surface area contributed by atoms with Crippen LogP contribution in [0.1, 0.15) is 27.2 Å². The van der Waals surface area contributed by atoms with Crippen molar-refractivity contribution in [2.24, 2.45) is 5.92 Å². The fourth-order valence-corrected chi connectivity index (χ4v) is 1.51. The monoisotopic (exact) mass is 228 g/mol. The summed E-state index contributed by atoms with van der Waals surface area (Å²) >= 11 is 0. The lowest BCUT2D eigenvalue weighted by atomic mass is 10.0. The van der Waals surface area contributed by atoms with Crippen LogP contribution in [-0.4, -0.2) is 31.6 Å². The number of hydrogen-bond acceptors (Lipinski definition) is 4. The van der Waals surface area contributed by atoms with Crippen molar-refractivity contribution in [1.29, 1.82) is 0 Å². The number of carbonyl (C=O) groups is 1. The van der Waals surface area contributed by atoms with Gasteiger partial charge in [0, 0.05) is 11.5 Å². The molecular weight excluding hydrogens is 208 g/mol. The van der Waals surface area contributed by atoms with Crippen LogP contribution in [0, 0.1) is 5.92 Å². The molecule has 0 saturated carbocycles. The molecule has 0 radical (unpaired) electrons. The first-order valence-electron chi connectivity index (χ1n) is 5.57. The summed E-state index contributed by atoms with van der Waals surface area (Å²) in [6.45, 7) is 10.8. The Morgan fingerprint density at radius 1 is 1.44 bits per heavy atom. The summed E-state index contributed by atoms with van der Waals surface area (Å²) in [7, 11) is 0. The molecule has 1 aliphatic rings. The van der Waals surface area contributed by atoms with Crippen LogP contribution in [-0.2, 0) is 19.0 Å². The second kappa shape index (κ2) is 5.46. The molecule has 0 bridgehead atoms. The van der Waals surface area contributed by atoms with Gasteiger partial charge in [0.2, 0.25) is 0 Å². The maximum Gasteiger partial charge on any atom is 0.333 e. The lowest BCUT2D eigenvalue weighted by Gasteiger charge is -2.35. The van der Waals surface area contributed by atoms with E-state index in [1.165, 1.54) is 0 Å². The molecule has 0 spiro atoms. The largest absolute Gasteiger partial charge is 0.463 e. The van der Waals surface area contributed by atoms with Crippen molar-refractivity contribution >= 4 is 5.97 Å².